The van der Waals surface area contributed by atoms with Gasteiger partial charge in [0.2, 0.25) is 12.3 Å². The van der Waals surface area contributed by atoms with Crippen LogP contribution >= 0.6 is 0 Å². The molecule has 0 fully saturated rings. The van der Waals surface area contributed by atoms with Crippen LogP contribution < -0.4 is 10.6 Å². The minimum atomic E-state index is -0.770. The predicted molar refractivity (Wildman–Crippen MR) is 71.6 cm³/mol. The first-order valence-electron chi connectivity index (χ1n) is 6.82. The maximum atomic E-state index is 11.4. The third kappa shape index (κ3) is 14.3. The Kier molecular flexibility index (Phi) is 11.8. The minimum Gasteiger partial charge on any atom is -0.481 e. The van der Waals surface area contributed by atoms with Gasteiger partial charge in [-0.15, -0.1) is 0 Å². The molecule has 3 N–H and O–H groups in total. The maximum absolute atomic E-state index is 11.4. The Labute approximate surface area is 113 Å². The number of hydrogen-bond acceptors (Lipinski definition) is 3. The monoisotopic (exact) mass is 272 g/mol. The van der Waals surface area contributed by atoms with Gasteiger partial charge in [-0.3, -0.25) is 14.4 Å². The van der Waals surface area contributed by atoms with Gasteiger partial charge in [0.05, 0.1) is 0 Å². The highest BCUT2D eigenvalue weighted by molar-refractivity contribution is 5.75. The van der Waals surface area contributed by atoms with Gasteiger partial charge < -0.3 is 15.7 Å². The van der Waals surface area contributed by atoms with Crippen LogP contribution in [-0.4, -0.2) is 36.5 Å². The second-order valence-electron chi connectivity index (χ2n) is 4.44. The van der Waals surface area contributed by atoms with Crippen LogP contribution in [0.1, 0.15) is 51.4 Å². The third-order valence-corrected chi connectivity index (χ3v) is 2.70. The summed E-state index contributed by atoms with van der Waals surface area (Å²) in [6, 6.07) is 0. The highest BCUT2D eigenvalue weighted by Gasteiger charge is 2.01. The summed E-state index contributed by atoms with van der Waals surface area (Å²) in [5.74, 6) is -0.727. The Morgan fingerprint density at radius 1 is 0.895 bits per heavy atom. The van der Waals surface area contributed by atoms with Gasteiger partial charge in [-0.05, 0) is 25.7 Å². The fourth-order valence-electron chi connectivity index (χ4n) is 1.64. The number of hydrogen-bond donors (Lipinski definition) is 3. The van der Waals surface area contributed by atoms with E-state index in [1.165, 1.54) is 0 Å². The van der Waals surface area contributed by atoms with Crippen molar-refractivity contribution >= 4 is 18.3 Å². The zero-order valence-corrected chi connectivity index (χ0v) is 11.3. The van der Waals surface area contributed by atoms with E-state index in [1.54, 1.807) is 0 Å². The smallest absolute Gasteiger partial charge is 0.303 e. The molecular weight excluding hydrogens is 248 g/mol. The molecule has 0 rings (SSSR count). The molecule has 6 nitrogen and oxygen atoms in total. The van der Waals surface area contributed by atoms with Gasteiger partial charge in [0.15, 0.2) is 0 Å². The van der Waals surface area contributed by atoms with Gasteiger partial charge in [0, 0.05) is 25.9 Å². The average molecular weight is 272 g/mol. The van der Waals surface area contributed by atoms with E-state index in [2.05, 4.69) is 10.6 Å². The number of carbonyl (C=O) groups excluding carboxylic acids is 2. The van der Waals surface area contributed by atoms with Crippen molar-refractivity contribution < 1.29 is 19.5 Å². The molecule has 0 atom stereocenters. The summed E-state index contributed by atoms with van der Waals surface area (Å²) >= 11 is 0. The standard InChI is InChI=1S/C13H24N2O4/c16-11-14-9-5-1-3-7-12(17)15-10-6-2-4-8-13(18)19/h11H,1-10H2,(H,14,16)(H,15,17)(H,18,19). The van der Waals surface area contributed by atoms with E-state index in [0.717, 1.165) is 32.1 Å². The Hall–Kier alpha value is -1.59. The molecular formula is C13H24N2O4. The zero-order valence-electron chi connectivity index (χ0n) is 11.3. The summed E-state index contributed by atoms with van der Waals surface area (Å²) < 4.78 is 0. The largest absolute Gasteiger partial charge is 0.481 e. The van der Waals surface area contributed by atoms with E-state index < -0.39 is 5.97 Å². The molecule has 0 aromatic rings. The van der Waals surface area contributed by atoms with Gasteiger partial charge in [-0.1, -0.05) is 12.8 Å². The second kappa shape index (κ2) is 12.9. The van der Waals surface area contributed by atoms with Gasteiger partial charge in [-0.2, -0.15) is 0 Å². The molecule has 110 valence electrons. The number of aliphatic carboxylic acids is 1. The summed E-state index contributed by atoms with van der Waals surface area (Å²) in [4.78, 5) is 31.6. The lowest BCUT2D eigenvalue weighted by Gasteiger charge is -2.05. The Bertz CT molecular complexity index is 269. The molecule has 6 heteroatoms. The Balaban J connectivity index is 3.21. The first-order chi connectivity index (χ1) is 9.16. The zero-order chi connectivity index (χ0) is 14.3. The van der Waals surface area contributed by atoms with Crippen LogP contribution in [0, 0.1) is 0 Å². The Morgan fingerprint density at radius 3 is 2.16 bits per heavy atom. The number of rotatable bonds is 13. The molecule has 0 aromatic carbocycles. The van der Waals surface area contributed by atoms with Crippen LogP contribution in [0.4, 0.5) is 0 Å². The fourth-order valence-corrected chi connectivity index (χ4v) is 1.64. The quantitative estimate of drug-likeness (QED) is 0.345. The van der Waals surface area contributed by atoms with Crippen LogP contribution in [0.2, 0.25) is 0 Å². The van der Waals surface area contributed by atoms with Crippen LogP contribution in [0.3, 0.4) is 0 Å². The minimum absolute atomic E-state index is 0.0431. The van der Waals surface area contributed by atoms with Crippen LogP contribution in [0.15, 0.2) is 0 Å². The number of unbranched alkanes of at least 4 members (excludes halogenated alkanes) is 4. The van der Waals surface area contributed by atoms with Crippen molar-refractivity contribution in [3.05, 3.63) is 0 Å². The van der Waals surface area contributed by atoms with Crippen molar-refractivity contribution in [2.75, 3.05) is 13.1 Å². The van der Waals surface area contributed by atoms with Crippen LogP contribution in [0.5, 0.6) is 0 Å². The highest BCUT2D eigenvalue weighted by Crippen LogP contribution is 2.00. The molecule has 0 spiro atoms. The highest BCUT2D eigenvalue weighted by atomic mass is 16.4. The molecule has 0 aromatic heterocycles. The van der Waals surface area contributed by atoms with E-state index in [4.69, 9.17) is 5.11 Å². The number of nitrogens with one attached hydrogen (secondary N) is 2. The normalized spacial score (nSPS) is 9.89. The summed E-state index contributed by atoms with van der Waals surface area (Å²) in [6.07, 6.45) is 6.33. The van der Waals surface area contributed by atoms with Crippen molar-refractivity contribution in [2.45, 2.75) is 51.4 Å². The van der Waals surface area contributed by atoms with Crippen molar-refractivity contribution in [3.8, 4) is 0 Å². The number of amides is 2. The number of carbonyl (C=O) groups is 3. The van der Waals surface area contributed by atoms with Crippen molar-refractivity contribution in [1.82, 2.24) is 10.6 Å². The van der Waals surface area contributed by atoms with E-state index in [1.807, 2.05) is 0 Å². The first-order valence-corrected chi connectivity index (χ1v) is 6.82. The van der Waals surface area contributed by atoms with Gasteiger partial charge >= 0.3 is 5.97 Å². The van der Waals surface area contributed by atoms with Crippen molar-refractivity contribution in [1.29, 1.82) is 0 Å². The molecule has 0 unspecified atom stereocenters. The van der Waals surface area contributed by atoms with Gasteiger partial charge in [-0.25, -0.2) is 0 Å². The molecule has 19 heavy (non-hydrogen) atoms. The van der Waals surface area contributed by atoms with Crippen LogP contribution in [-0.2, 0) is 14.4 Å². The molecule has 0 aliphatic rings. The predicted octanol–water partition coefficient (Wildman–Crippen LogP) is 1.05. The second-order valence-corrected chi connectivity index (χ2v) is 4.44. The SMILES string of the molecule is O=CNCCCCCC(=O)NCCCCCC(=O)O. The lowest BCUT2D eigenvalue weighted by molar-refractivity contribution is -0.137. The maximum Gasteiger partial charge on any atom is 0.303 e. The lowest BCUT2D eigenvalue weighted by Crippen LogP contribution is -2.24. The number of carboxylic acid groups (broad SMARTS) is 1. The molecule has 0 saturated heterocycles. The summed E-state index contributed by atoms with van der Waals surface area (Å²) in [5, 5.41) is 13.8. The molecule has 0 radical (unpaired) electrons. The third-order valence-electron chi connectivity index (χ3n) is 2.70. The summed E-state index contributed by atoms with van der Waals surface area (Å²) in [5.41, 5.74) is 0. The lowest BCUT2D eigenvalue weighted by atomic mass is 10.1. The van der Waals surface area contributed by atoms with Gasteiger partial charge in [0.25, 0.3) is 0 Å². The molecule has 0 saturated carbocycles. The van der Waals surface area contributed by atoms with E-state index in [-0.39, 0.29) is 12.3 Å². The fraction of sp³-hybridized carbons (Fsp3) is 0.769. The Morgan fingerprint density at radius 2 is 1.53 bits per heavy atom. The molecule has 0 aliphatic heterocycles. The molecule has 2 amide bonds. The topological polar surface area (TPSA) is 95.5 Å². The average Bonchev–Trinajstić information content (AvgIpc) is 2.37. The number of carboxylic acids is 1. The molecule has 0 aliphatic carbocycles. The first kappa shape index (κ1) is 17.4. The van der Waals surface area contributed by atoms with E-state index >= 15 is 0 Å². The van der Waals surface area contributed by atoms with Crippen molar-refractivity contribution in [3.63, 3.8) is 0 Å². The summed E-state index contributed by atoms with van der Waals surface area (Å²) in [6.45, 7) is 1.28. The molecule has 0 heterocycles. The van der Waals surface area contributed by atoms with Gasteiger partial charge in [0.1, 0.15) is 0 Å². The summed E-state index contributed by atoms with van der Waals surface area (Å²) in [7, 11) is 0. The molecule has 0 bridgehead atoms. The van der Waals surface area contributed by atoms with Crippen molar-refractivity contribution in [2.24, 2.45) is 0 Å². The van der Waals surface area contributed by atoms with E-state index in [0.29, 0.717) is 32.3 Å². The van der Waals surface area contributed by atoms with Crippen LogP contribution in [0.25, 0.3) is 0 Å². The van der Waals surface area contributed by atoms with E-state index in [9.17, 15) is 14.4 Å².